The van der Waals surface area contributed by atoms with Crippen LogP contribution in [-0.2, 0) is 11.8 Å². The lowest BCUT2D eigenvalue weighted by Gasteiger charge is -2.32. The summed E-state index contributed by atoms with van der Waals surface area (Å²) in [7, 11) is 0. The summed E-state index contributed by atoms with van der Waals surface area (Å²) in [5.74, 6) is 0.625. The van der Waals surface area contributed by atoms with Gasteiger partial charge < -0.3 is 14.3 Å². The van der Waals surface area contributed by atoms with Crippen LogP contribution in [0.4, 0.5) is 6.01 Å². The molecule has 5 rings (SSSR count). The summed E-state index contributed by atoms with van der Waals surface area (Å²) in [6.07, 6.45) is 4.55. The quantitative estimate of drug-likeness (QED) is 0.577. The lowest BCUT2D eigenvalue weighted by Crippen LogP contribution is -2.37. The van der Waals surface area contributed by atoms with Gasteiger partial charge in [0.1, 0.15) is 6.04 Å². The molecule has 8 heteroatoms. The van der Waals surface area contributed by atoms with Crippen LogP contribution in [0.15, 0.2) is 35.1 Å². The van der Waals surface area contributed by atoms with Gasteiger partial charge in [-0.1, -0.05) is 31.9 Å². The zero-order chi connectivity index (χ0) is 19.5. The first-order valence-electron chi connectivity index (χ1n) is 9.49. The second-order valence-electron chi connectivity index (χ2n) is 8.34. The standard InChI is InChI=1S/C20H23N7O/c1-12-6-5-8-27-15(12)10-14(25-27)17-16-13(21-11-22-16)7-9-26(17)19-24-23-18(28-19)20(2,3)4/h5-6,8,10-11,17H,7,9H2,1-4H3,(H,21,22)/t17-/m0/s1. The van der Waals surface area contributed by atoms with Crippen LogP contribution < -0.4 is 4.90 Å². The number of hydrogen-bond donors (Lipinski definition) is 1. The van der Waals surface area contributed by atoms with E-state index in [4.69, 9.17) is 9.52 Å². The number of nitrogens with one attached hydrogen (secondary N) is 1. The van der Waals surface area contributed by atoms with E-state index < -0.39 is 0 Å². The third kappa shape index (κ3) is 2.59. The topological polar surface area (TPSA) is 88.1 Å². The van der Waals surface area contributed by atoms with Crippen LogP contribution in [0.1, 0.15) is 55.3 Å². The summed E-state index contributed by atoms with van der Waals surface area (Å²) in [5.41, 5.74) is 5.07. The van der Waals surface area contributed by atoms with Crippen molar-refractivity contribution < 1.29 is 4.42 Å². The lowest BCUT2D eigenvalue weighted by atomic mass is 9.97. The number of imidazole rings is 1. The number of anilines is 1. The molecular weight excluding hydrogens is 354 g/mol. The summed E-state index contributed by atoms with van der Waals surface area (Å²) in [5, 5.41) is 13.5. The Bertz CT molecular complexity index is 1150. The number of aromatic amines is 1. The Balaban J connectivity index is 1.64. The molecule has 0 bridgehead atoms. The summed E-state index contributed by atoms with van der Waals surface area (Å²) < 4.78 is 7.97. The third-order valence-electron chi connectivity index (χ3n) is 5.24. The molecule has 1 N–H and O–H groups in total. The van der Waals surface area contributed by atoms with Crippen LogP contribution >= 0.6 is 0 Å². The number of hydrogen-bond acceptors (Lipinski definition) is 6. The highest BCUT2D eigenvalue weighted by molar-refractivity contribution is 5.57. The minimum Gasteiger partial charge on any atom is -0.407 e. The van der Waals surface area contributed by atoms with Crippen LogP contribution in [-0.4, -0.2) is 36.3 Å². The van der Waals surface area contributed by atoms with E-state index in [1.54, 1.807) is 6.33 Å². The van der Waals surface area contributed by atoms with Crippen molar-refractivity contribution in [2.45, 2.75) is 45.6 Å². The van der Waals surface area contributed by atoms with E-state index in [0.717, 1.165) is 35.6 Å². The van der Waals surface area contributed by atoms with E-state index in [1.165, 1.54) is 5.56 Å². The number of nitrogens with zero attached hydrogens (tertiary/aromatic N) is 6. The smallest absolute Gasteiger partial charge is 0.319 e. The van der Waals surface area contributed by atoms with Gasteiger partial charge in [0.05, 0.1) is 23.2 Å². The van der Waals surface area contributed by atoms with E-state index >= 15 is 0 Å². The molecule has 0 amide bonds. The molecule has 0 unspecified atom stereocenters. The number of pyridine rings is 1. The van der Waals surface area contributed by atoms with Crippen molar-refractivity contribution in [1.82, 2.24) is 29.8 Å². The molecular formula is C20H23N7O. The van der Waals surface area contributed by atoms with Crippen LogP contribution in [0.25, 0.3) is 5.52 Å². The maximum Gasteiger partial charge on any atom is 0.319 e. The summed E-state index contributed by atoms with van der Waals surface area (Å²) >= 11 is 0. The molecule has 144 valence electrons. The zero-order valence-corrected chi connectivity index (χ0v) is 16.5. The first-order chi connectivity index (χ1) is 13.4. The second kappa shape index (κ2) is 5.92. The molecule has 0 aromatic carbocycles. The highest BCUT2D eigenvalue weighted by Gasteiger charge is 2.36. The Morgan fingerprint density at radius 3 is 2.86 bits per heavy atom. The van der Waals surface area contributed by atoms with Gasteiger partial charge in [0.2, 0.25) is 5.89 Å². The molecule has 5 heterocycles. The van der Waals surface area contributed by atoms with Gasteiger partial charge in [0.25, 0.3) is 0 Å². The molecule has 0 fully saturated rings. The van der Waals surface area contributed by atoms with Gasteiger partial charge >= 0.3 is 6.01 Å². The van der Waals surface area contributed by atoms with Gasteiger partial charge in [0.15, 0.2) is 0 Å². The van der Waals surface area contributed by atoms with Gasteiger partial charge in [0, 0.05) is 30.3 Å². The average Bonchev–Trinajstić information content (AvgIpc) is 3.38. The zero-order valence-electron chi connectivity index (χ0n) is 16.5. The van der Waals surface area contributed by atoms with Crippen molar-refractivity contribution in [3.8, 4) is 0 Å². The number of fused-ring (bicyclic) bond motifs is 2. The van der Waals surface area contributed by atoms with Gasteiger partial charge in [-0.15, -0.1) is 5.10 Å². The minimum absolute atomic E-state index is 0.178. The van der Waals surface area contributed by atoms with E-state index in [0.29, 0.717) is 11.9 Å². The van der Waals surface area contributed by atoms with Crippen LogP contribution in [0.2, 0.25) is 0 Å². The van der Waals surface area contributed by atoms with E-state index in [2.05, 4.69) is 64.9 Å². The average molecular weight is 377 g/mol. The third-order valence-corrected chi connectivity index (χ3v) is 5.24. The van der Waals surface area contributed by atoms with Crippen molar-refractivity contribution in [2.24, 2.45) is 0 Å². The molecule has 1 aliphatic heterocycles. The lowest BCUT2D eigenvalue weighted by molar-refractivity contribution is 0.385. The fourth-order valence-corrected chi connectivity index (χ4v) is 3.73. The monoisotopic (exact) mass is 377 g/mol. The van der Waals surface area contributed by atoms with E-state index in [1.807, 2.05) is 16.8 Å². The predicted molar refractivity (Wildman–Crippen MR) is 104 cm³/mol. The molecule has 28 heavy (non-hydrogen) atoms. The number of aryl methyl sites for hydroxylation is 1. The van der Waals surface area contributed by atoms with Crippen LogP contribution in [0.3, 0.4) is 0 Å². The Morgan fingerprint density at radius 2 is 2.11 bits per heavy atom. The van der Waals surface area contributed by atoms with Gasteiger partial charge in [-0.3, -0.25) is 0 Å². The minimum atomic E-state index is -0.200. The number of H-pyrrole nitrogens is 1. The Hall–Kier alpha value is -3.16. The number of aromatic nitrogens is 6. The predicted octanol–water partition coefficient (Wildman–Crippen LogP) is 3.20. The fraction of sp³-hybridized carbons (Fsp3) is 0.400. The van der Waals surface area contributed by atoms with Crippen molar-refractivity contribution >= 4 is 11.5 Å². The van der Waals surface area contributed by atoms with Crippen LogP contribution in [0.5, 0.6) is 0 Å². The molecule has 0 aliphatic carbocycles. The Labute approximate surface area is 162 Å². The first-order valence-corrected chi connectivity index (χ1v) is 9.49. The molecule has 1 aliphatic rings. The molecule has 4 aromatic rings. The molecule has 8 nitrogen and oxygen atoms in total. The van der Waals surface area contributed by atoms with Crippen molar-refractivity contribution in [3.63, 3.8) is 0 Å². The van der Waals surface area contributed by atoms with Gasteiger partial charge in [-0.2, -0.15) is 5.10 Å². The molecule has 1 atom stereocenters. The van der Waals surface area contributed by atoms with Crippen LogP contribution in [0, 0.1) is 6.92 Å². The summed E-state index contributed by atoms with van der Waals surface area (Å²) in [6, 6.07) is 6.55. The maximum absolute atomic E-state index is 6.06. The highest BCUT2D eigenvalue weighted by Crippen LogP contribution is 2.37. The Kier molecular flexibility index (Phi) is 3.59. The van der Waals surface area contributed by atoms with E-state index in [-0.39, 0.29) is 11.5 Å². The maximum atomic E-state index is 6.06. The van der Waals surface area contributed by atoms with E-state index in [9.17, 15) is 0 Å². The normalized spacial score (nSPS) is 17.3. The number of rotatable bonds is 2. The summed E-state index contributed by atoms with van der Waals surface area (Å²) in [6.45, 7) is 9.03. The van der Waals surface area contributed by atoms with Crippen molar-refractivity contribution in [2.75, 3.05) is 11.4 Å². The molecule has 4 aromatic heterocycles. The molecule has 0 saturated heterocycles. The van der Waals surface area contributed by atoms with Crippen molar-refractivity contribution in [3.05, 3.63) is 59.3 Å². The second-order valence-corrected chi connectivity index (χ2v) is 8.34. The van der Waals surface area contributed by atoms with Crippen molar-refractivity contribution in [1.29, 1.82) is 0 Å². The highest BCUT2D eigenvalue weighted by atomic mass is 16.4. The molecule has 0 spiro atoms. The first kappa shape index (κ1) is 17.0. The Morgan fingerprint density at radius 1 is 1.25 bits per heavy atom. The molecule has 0 saturated carbocycles. The molecule has 0 radical (unpaired) electrons. The summed E-state index contributed by atoms with van der Waals surface area (Å²) in [4.78, 5) is 9.98. The van der Waals surface area contributed by atoms with Gasteiger partial charge in [-0.25, -0.2) is 9.50 Å². The largest absolute Gasteiger partial charge is 0.407 e. The van der Waals surface area contributed by atoms with Gasteiger partial charge in [-0.05, 0) is 24.6 Å². The SMILES string of the molecule is Cc1cccn2nc([C@H]3c4nc[nH]c4CCN3c3nnc(C(C)(C)C)o3)cc12. The fourth-order valence-electron chi connectivity index (χ4n) is 3.73.